The molecule has 1 atom stereocenters. The van der Waals surface area contributed by atoms with Crippen LogP contribution in [0.4, 0.5) is 0 Å². The van der Waals surface area contributed by atoms with Crippen molar-refractivity contribution in [3.63, 3.8) is 0 Å². The van der Waals surface area contributed by atoms with Gasteiger partial charge in [0.1, 0.15) is 11.1 Å². The topological polar surface area (TPSA) is 29.4 Å². The largest absolute Gasteiger partial charge is 0.280 e. The molecule has 0 saturated carbocycles. The molecule has 1 aromatic carbocycles. The molecule has 2 nitrogen and oxygen atoms in total. The zero-order valence-corrected chi connectivity index (χ0v) is 8.75. The van der Waals surface area contributed by atoms with E-state index in [0.29, 0.717) is 5.71 Å². The quantitative estimate of drug-likeness (QED) is 0.742. The molecule has 1 aromatic rings. The third-order valence-corrected chi connectivity index (χ3v) is 3.22. The number of carbonyl (C=O) groups is 1. The van der Waals surface area contributed by atoms with E-state index >= 15 is 0 Å². The molecule has 0 radical (unpaired) electrons. The Hall–Kier alpha value is -1.09. The van der Waals surface area contributed by atoms with Gasteiger partial charge in [-0.1, -0.05) is 49.0 Å². The van der Waals surface area contributed by atoms with Crippen molar-refractivity contribution < 1.29 is 4.79 Å². The van der Waals surface area contributed by atoms with Gasteiger partial charge in [-0.3, -0.25) is 9.79 Å². The number of hydrogen-bond acceptors (Lipinski definition) is 3. The van der Waals surface area contributed by atoms with Crippen LogP contribution < -0.4 is 0 Å². The maximum absolute atomic E-state index is 11.6. The molecule has 0 amide bonds. The Kier molecular flexibility index (Phi) is 2.68. The summed E-state index contributed by atoms with van der Waals surface area (Å²) in [6.45, 7) is 2.04. The minimum Gasteiger partial charge on any atom is -0.280 e. The number of nitrogens with zero attached hydrogens (tertiary/aromatic N) is 1. The van der Waals surface area contributed by atoms with Gasteiger partial charge in [-0.15, -0.1) is 0 Å². The van der Waals surface area contributed by atoms with Gasteiger partial charge in [0, 0.05) is 5.56 Å². The van der Waals surface area contributed by atoms with Crippen LogP contribution in [0.2, 0.25) is 0 Å². The molecule has 3 heteroatoms. The number of carbonyl (C=O) groups excluding carboxylic acids is 1. The van der Waals surface area contributed by atoms with Crippen molar-refractivity contribution in [2.24, 2.45) is 4.99 Å². The summed E-state index contributed by atoms with van der Waals surface area (Å²) in [6, 6.07) is 9.64. The van der Waals surface area contributed by atoms with E-state index in [4.69, 9.17) is 0 Å². The summed E-state index contributed by atoms with van der Waals surface area (Å²) in [4.78, 5) is 16.0. The molecular weight excluding hydrogens is 194 g/mol. The second kappa shape index (κ2) is 3.96. The minimum absolute atomic E-state index is 0.100. The van der Waals surface area contributed by atoms with E-state index < -0.39 is 0 Å². The third kappa shape index (κ3) is 1.73. The maximum atomic E-state index is 11.6. The average molecular weight is 205 g/mol. The smallest absolute Gasteiger partial charge is 0.240 e. The van der Waals surface area contributed by atoms with Crippen LogP contribution in [-0.2, 0) is 4.79 Å². The summed E-state index contributed by atoms with van der Waals surface area (Å²) in [5, 5.41) is 0.223. The van der Waals surface area contributed by atoms with Gasteiger partial charge >= 0.3 is 0 Å². The first kappa shape index (κ1) is 9.46. The number of thioether (sulfide) groups is 1. The fourth-order valence-electron chi connectivity index (χ4n) is 1.37. The number of hydrogen-bond donors (Lipinski definition) is 0. The molecule has 1 heterocycles. The lowest BCUT2D eigenvalue weighted by Crippen LogP contribution is -2.06. The Morgan fingerprint density at radius 3 is 2.64 bits per heavy atom. The van der Waals surface area contributed by atoms with Gasteiger partial charge in [0.05, 0.1) is 0 Å². The molecule has 0 bridgehead atoms. The first-order valence-electron chi connectivity index (χ1n) is 4.65. The monoisotopic (exact) mass is 205 g/mol. The van der Waals surface area contributed by atoms with Gasteiger partial charge in [-0.05, 0) is 6.42 Å². The summed E-state index contributed by atoms with van der Waals surface area (Å²) in [7, 11) is 0. The number of rotatable bonds is 2. The van der Waals surface area contributed by atoms with Crippen LogP contribution in [0.5, 0.6) is 0 Å². The maximum Gasteiger partial charge on any atom is 0.240 e. The van der Waals surface area contributed by atoms with Crippen LogP contribution in [0.3, 0.4) is 0 Å². The van der Waals surface area contributed by atoms with Gasteiger partial charge < -0.3 is 0 Å². The highest BCUT2D eigenvalue weighted by Gasteiger charge is 2.26. The first-order chi connectivity index (χ1) is 6.81. The highest BCUT2D eigenvalue weighted by Crippen LogP contribution is 2.26. The fraction of sp³-hybridized carbons (Fsp3) is 0.273. The highest BCUT2D eigenvalue weighted by atomic mass is 32.2. The molecule has 0 spiro atoms. The zero-order valence-electron chi connectivity index (χ0n) is 7.93. The van der Waals surface area contributed by atoms with E-state index in [1.165, 1.54) is 11.8 Å². The lowest BCUT2D eigenvalue weighted by molar-refractivity contribution is -0.105. The summed E-state index contributed by atoms with van der Waals surface area (Å²) in [6.07, 6.45) is 0.909. The summed E-state index contributed by atoms with van der Waals surface area (Å²) < 4.78 is 0. The van der Waals surface area contributed by atoms with Crippen LogP contribution in [0.25, 0.3) is 0 Å². The van der Waals surface area contributed by atoms with Crippen LogP contribution in [-0.4, -0.2) is 16.2 Å². The second-order valence-electron chi connectivity index (χ2n) is 3.11. The summed E-state index contributed by atoms with van der Waals surface area (Å²) in [5.74, 6) is 0. The molecule has 0 aromatic heterocycles. The Labute approximate surface area is 87.4 Å². The van der Waals surface area contributed by atoms with Crippen molar-refractivity contribution in [2.75, 3.05) is 0 Å². The van der Waals surface area contributed by atoms with E-state index in [9.17, 15) is 4.79 Å². The first-order valence-corrected chi connectivity index (χ1v) is 5.53. The standard InChI is InChI=1S/C11H11NOS/c1-2-9-12-10(11(13)14-9)8-6-4-3-5-7-8/h3-7,9H,2H2,1H3/t9-/m1/s1. The van der Waals surface area contributed by atoms with Gasteiger partial charge in [0.15, 0.2) is 0 Å². The summed E-state index contributed by atoms with van der Waals surface area (Å²) in [5.41, 5.74) is 1.56. The van der Waals surface area contributed by atoms with E-state index in [0.717, 1.165) is 12.0 Å². The molecule has 1 aliphatic rings. The van der Waals surface area contributed by atoms with Crippen LogP contribution in [0, 0.1) is 0 Å². The van der Waals surface area contributed by atoms with Crippen molar-refractivity contribution in [3.8, 4) is 0 Å². The Bertz CT molecular complexity index is 372. The summed E-state index contributed by atoms with van der Waals surface area (Å²) >= 11 is 1.33. The number of aliphatic imine (C=N–C) groups is 1. The molecule has 0 N–H and O–H groups in total. The normalized spacial score (nSPS) is 21.1. The molecule has 0 aliphatic carbocycles. The van der Waals surface area contributed by atoms with E-state index in [-0.39, 0.29) is 10.5 Å². The third-order valence-electron chi connectivity index (χ3n) is 2.11. The van der Waals surface area contributed by atoms with Crippen molar-refractivity contribution in [1.82, 2.24) is 0 Å². The Morgan fingerprint density at radius 1 is 1.36 bits per heavy atom. The molecule has 0 saturated heterocycles. The molecule has 1 aliphatic heterocycles. The lowest BCUT2D eigenvalue weighted by atomic mass is 10.1. The van der Waals surface area contributed by atoms with Crippen molar-refractivity contribution >= 4 is 22.6 Å². The fourth-order valence-corrected chi connectivity index (χ4v) is 2.22. The van der Waals surface area contributed by atoms with Crippen LogP contribution in [0.1, 0.15) is 18.9 Å². The number of benzene rings is 1. The van der Waals surface area contributed by atoms with E-state index in [1.54, 1.807) is 0 Å². The van der Waals surface area contributed by atoms with Crippen LogP contribution >= 0.6 is 11.8 Å². The molecule has 0 fully saturated rings. The van der Waals surface area contributed by atoms with Crippen molar-refractivity contribution in [2.45, 2.75) is 18.7 Å². The zero-order chi connectivity index (χ0) is 9.97. The second-order valence-corrected chi connectivity index (χ2v) is 4.26. The van der Waals surface area contributed by atoms with Crippen molar-refractivity contribution in [3.05, 3.63) is 35.9 Å². The lowest BCUT2D eigenvalue weighted by Gasteiger charge is -1.96. The van der Waals surface area contributed by atoms with Crippen LogP contribution in [0.15, 0.2) is 35.3 Å². The SMILES string of the molecule is CC[C@@H]1N=C(c2ccccc2)C(=O)S1. The Morgan fingerprint density at radius 2 is 2.07 bits per heavy atom. The molecule has 72 valence electrons. The van der Waals surface area contributed by atoms with Gasteiger partial charge in [0.25, 0.3) is 0 Å². The van der Waals surface area contributed by atoms with Gasteiger partial charge in [-0.25, -0.2) is 0 Å². The predicted molar refractivity (Wildman–Crippen MR) is 59.7 cm³/mol. The van der Waals surface area contributed by atoms with E-state index in [1.807, 2.05) is 37.3 Å². The molecule has 0 unspecified atom stereocenters. The Balaban J connectivity index is 2.31. The van der Waals surface area contributed by atoms with Crippen molar-refractivity contribution in [1.29, 1.82) is 0 Å². The highest BCUT2D eigenvalue weighted by molar-refractivity contribution is 8.16. The van der Waals surface area contributed by atoms with E-state index in [2.05, 4.69) is 4.99 Å². The molecule has 14 heavy (non-hydrogen) atoms. The van der Waals surface area contributed by atoms with Gasteiger partial charge in [0.2, 0.25) is 5.12 Å². The van der Waals surface area contributed by atoms with Gasteiger partial charge in [-0.2, -0.15) is 0 Å². The predicted octanol–water partition coefficient (Wildman–Crippen LogP) is 2.49. The molecule has 2 rings (SSSR count). The molecular formula is C11H11NOS. The minimum atomic E-state index is 0.100. The average Bonchev–Trinajstić information content (AvgIpc) is 2.61.